The van der Waals surface area contributed by atoms with Gasteiger partial charge in [-0.3, -0.25) is 0 Å². The van der Waals surface area contributed by atoms with Crippen LogP contribution in [0.2, 0.25) is 0 Å². The molecule has 0 unspecified atom stereocenters. The number of aromatic nitrogens is 1. The summed E-state index contributed by atoms with van der Waals surface area (Å²) in [5.41, 5.74) is 13.5. The molecule has 0 aliphatic carbocycles. The number of hydrogen-bond acceptors (Lipinski definition) is 1. The van der Waals surface area contributed by atoms with E-state index in [0.717, 1.165) is 61.2 Å². The summed E-state index contributed by atoms with van der Waals surface area (Å²) in [6.45, 7) is 0. The second-order valence-corrected chi connectivity index (χ2v) is 17.1. The Labute approximate surface area is 383 Å². The highest BCUT2D eigenvalue weighted by Crippen LogP contribution is 2.47. The highest BCUT2D eigenvalue weighted by Gasteiger charge is 2.22. The number of rotatable bonds is 7. The maximum atomic E-state index is 3.55. The van der Waals surface area contributed by atoms with Crippen molar-refractivity contribution < 1.29 is 0 Å². The van der Waals surface area contributed by atoms with Crippen molar-refractivity contribution in [3.05, 3.63) is 255 Å². The van der Waals surface area contributed by atoms with Crippen molar-refractivity contribution in [2.24, 2.45) is 0 Å². The molecule has 1 heterocycles. The van der Waals surface area contributed by atoms with E-state index in [1.54, 1.807) is 0 Å². The van der Waals surface area contributed by atoms with Crippen LogP contribution in [0.1, 0.15) is 0 Å². The maximum Gasteiger partial charge on any atom is 0.0619 e. The van der Waals surface area contributed by atoms with Crippen molar-refractivity contribution in [2.75, 3.05) is 4.90 Å². The summed E-state index contributed by atoms with van der Waals surface area (Å²) in [5.74, 6) is 0. The molecule has 2 heteroatoms. The smallest absolute Gasteiger partial charge is 0.0619 e. The van der Waals surface area contributed by atoms with E-state index < -0.39 is 0 Å². The van der Waals surface area contributed by atoms with E-state index in [-0.39, 0.29) is 0 Å². The van der Waals surface area contributed by atoms with E-state index in [4.69, 9.17) is 0 Å². The fraction of sp³-hybridized carbons (Fsp3) is 0. The average Bonchev–Trinajstić information content (AvgIpc) is 3.74. The number of benzene rings is 11. The van der Waals surface area contributed by atoms with Crippen LogP contribution in [0.25, 0.3) is 104 Å². The van der Waals surface area contributed by atoms with Gasteiger partial charge in [-0.2, -0.15) is 0 Å². The van der Waals surface area contributed by atoms with Gasteiger partial charge in [-0.05, 0) is 104 Å². The van der Waals surface area contributed by atoms with Gasteiger partial charge in [0.05, 0.1) is 22.4 Å². The Balaban J connectivity index is 1.02. The molecule has 12 aromatic carbocycles. The van der Waals surface area contributed by atoms with Crippen LogP contribution < -0.4 is 4.90 Å². The van der Waals surface area contributed by atoms with Gasteiger partial charge in [-0.25, -0.2) is 0 Å². The van der Waals surface area contributed by atoms with Crippen LogP contribution in [0.4, 0.5) is 17.1 Å². The molecule has 0 aliphatic heterocycles. The third-order valence-electron chi connectivity index (χ3n) is 13.4. The zero-order valence-corrected chi connectivity index (χ0v) is 36.0. The Hall–Kier alpha value is -8.90. The number of fused-ring (bicyclic) bond motifs is 8. The zero-order chi connectivity index (χ0) is 43.6. The van der Waals surface area contributed by atoms with E-state index >= 15 is 0 Å². The predicted molar refractivity (Wildman–Crippen MR) is 279 cm³/mol. The molecule has 0 saturated carbocycles. The Morgan fingerprint density at radius 3 is 1.83 bits per heavy atom. The SMILES string of the molecule is c1c(-c2ccccc2N(c2cccc(-c3cccc(-n4c5ccccc5c5ccc6ccccc6c54)c3)c2)c2ccc(-c3cccc4ccccc34)c3ccccc23)cc2ccccc2c#1. The molecule has 0 saturated heterocycles. The molecule has 306 valence electrons. The molecule has 13 rings (SSSR count). The molecule has 0 bridgehead atoms. The van der Waals surface area contributed by atoms with Crippen molar-refractivity contribution in [1.29, 1.82) is 0 Å². The van der Waals surface area contributed by atoms with Crippen LogP contribution >= 0.6 is 0 Å². The van der Waals surface area contributed by atoms with E-state index in [1.165, 1.54) is 59.9 Å². The lowest BCUT2D eigenvalue weighted by Crippen LogP contribution is -2.12. The first kappa shape index (κ1) is 37.6. The minimum Gasteiger partial charge on any atom is -0.309 e. The monoisotopic (exact) mass is 836 g/mol. The molecular formula is C64H40N2. The molecule has 0 atom stereocenters. The summed E-state index contributed by atoms with van der Waals surface area (Å²) in [6.07, 6.45) is 0. The van der Waals surface area contributed by atoms with Crippen LogP contribution in [0.3, 0.4) is 0 Å². The van der Waals surface area contributed by atoms with E-state index in [2.05, 4.69) is 264 Å². The fourth-order valence-corrected chi connectivity index (χ4v) is 10.3. The van der Waals surface area contributed by atoms with Crippen molar-refractivity contribution in [1.82, 2.24) is 4.57 Å². The second-order valence-electron chi connectivity index (χ2n) is 17.1. The Bertz CT molecular complexity index is 4020. The Morgan fingerprint density at radius 2 is 0.955 bits per heavy atom. The standard InChI is InChI=1S/C64H40N2/c1-2-19-46-40-49(35-34-43(46)16-1)53-26-9-11-32-61(53)65(63-39-38-57(56-28-7-8-29-58(56)63)55-31-15-20-44-17-3-5-25-52(44)55)50-23-13-21-47(41-50)48-22-14-24-51(42-48)66-62-33-12-10-30-59(62)60-37-36-45-18-4-6-27-54(45)64(60)66/h1-33,36-42H. The quantitative estimate of drug-likeness (QED) is 0.155. The van der Waals surface area contributed by atoms with Gasteiger partial charge in [0.25, 0.3) is 0 Å². The summed E-state index contributed by atoms with van der Waals surface area (Å²) in [5, 5.41) is 12.0. The molecule has 2 nitrogen and oxygen atoms in total. The summed E-state index contributed by atoms with van der Waals surface area (Å²) < 4.78 is 2.45. The lowest BCUT2D eigenvalue weighted by molar-refractivity contribution is 1.19. The molecular weight excluding hydrogens is 797 g/mol. The molecule has 0 radical (unpaired) electrons. The highest BCUT2D eigenvalue weighted by molar-refractivity contribution is 6.19. The van der Waals surface area contributed by atoms with Crippen molar-refractivity contribution >= 4 is 82.0 Å². The van der Waals surface area contributed by atoms with Gasteiger partial charge in [0.1, 0.15) is 0 Å². The normalized spacial score (nSPS) is 11.5. The summed E-state index contributed by atoms with van der Waals surface area (Å²) in [6, 6.07) is 95.2. The van der Waals surface area contributed by atoms with Crippen molar-refractivity contribution in [2.45, 2.75) is 0 Å². The lowest BCUT2D eigenvalue weighted by atomic mass is 9.92. The fourth-order valence-electron chi connectivity index (χ4n) is 10.3. The summed E-state index contributed by atoms with van der Waals surface area (Å²) >= 11 is 0. The predicted octanol–water partition coefficient (Wildman–Crippen LogP) is 17.5. The number of para-hydroxylation sites is 2. The van der Waals surface area contributed by atoms with Crippen LogP contribution in [-0.4, -0.2) is 4.57 Å². The molecule has 0 N–H and O–H groups in total. The summed E-state index contributed by atoms with van der Waals surface area (Å²) in [7, 11) is 0. The van der Waals surface area contributed by atoms with E-state index in [0.29, 0.717) is 0 Å². The lowest BCUT2D eigenvalue weighted by Gasteiger charge is -2.30. The molecule has 0 spiro atoms. The molecule has 66 heavy (non-hydrogen) atoms. The van der Waals surface area contributed by atoms with E-state index in [9.17, 15) is 0 Å². The summed E-state index contributed by atoms with van der Waals surface area (Å²) in [4.78, 5) is 2.44. The minimum absolute atomic E-state index is 0.994. The number of hydrogen-bond donors (Lipinski definition) is 0. The van der Waals surface area contributed by atoms with Crippen molar-refractivity contribution in [3.8, 4) is 39.1 Å². The van der Waals surface area contributed by atoms with Crippen molar-refractivity contribution in [3.63, 3.8) is 0 Å². The van der Waals surface area contributed by atoms with Gasteiger partial charge in [0.15, 0.2) is 0 Å². The van der Waals surface area contributed by atoms with Crippen LogP contribution in [0, 0.1) is 12.1 Å². The third kappa shape index (κ3) is 6.14. The minimum atomic E-state index is 0.994. The van der Waals surface area contributed by atoms with Gasteiger partial charge in [-0.15, -0.1) is 0 Å². The number of nitrogens with zero attached hydrogens (tertiary/aromatic N) is 2. The molecule has 13 aromatic rings. The van der Waals surface area contributed by atoms with Crippen LogP contribution in [0.15, 0.2) is 243 Å². The van der Waals surface area contributed by atoms with Gasteiger partial charge in [0.2, 0.25) is 0 Å². The molecule has 1 aromatic heterocycles. The zero-order valence-electron chi connectivity index (χ0n) is 36.0. The second kappa shape index (κ2) is 15.4. The third-order valence-corrected chi connectivity index (χ3v) is 13.4. The van der Waals surface area contributed by atoms with Gasteiger partial charge >= 0.3 is 0 Å². The Kier molecular flexibility index (Phi) is 8.79. The largest absolute Gasteiger partial charge is 0.309 e. The van der Waals surface area contributed by atoms with Crippen LogP contribution in [-0.2, 0) is 0 Å². The van der Waals surface area contributed by atoms with Gasteiger partial charge in [-0.1, -0.05) is 200 Å². The highest BCUT2D eigenvalue weighted by atomic mass is 15.1. The first-order valence-corrected chi connectivity index (χ1v) is 22.6. The first-order chi connectivity index (χ1) is 32.7. The molecule has 0 fully saturated rings. The van der Waals surface area contributed by atoms with Gasteiger partial charge < -0.3 is 9.47 Å². The topological polar surface area (TPSA) is 8.17 Å². The van der Waals surface area contributed by atoms with Gasteiger partial charge in [0, 0.05) is 49.4 Å². The Morgan fingerprint density at radius 1 is 0.333 bits per heavy atom. The molecule has 0 amide bonds. The molecule has 0 aliphatic rings. The first-order valence-electron chi connectivity index (χ1n) is 22.6. The maximum absolute atomic E-state index is 3.55. The number of anilines is 3. The van der Waals surface area contributed by atoms with Crippen LogP contribution in [0.5, 0.6) is 0 Å². The average molecular weight is 837 g/mol. The van der Waals surface area contributed by atoms with E-state index in [1.807, 2.05) is 0 Å².